The van der Waals surface area contributed by atoms with Gasteiger partial charge in [-0.15, -0.1) is 0 Å². The fourth-order valence-corrected chi connectivity index (χ4v) is 3.17. The number of benzene rings is 1. The number of hydrogen-bond donors (Lipinski definition) is 0. The summed E-state index contributed by atoms with van der Waals surface area (Å²) in [5, 5.41) is 0. The van der Waals surface area contributed by atoms with Crippen LogP contribution in [-0.2, 0) is 11.3 Å². The first-order valence-electron chi connectivity index (χ1n) is 9.37. The van der Waals surface area contributed by atoms with Gasteiger partial charge in [-0.05, 0) is 36.8 Å². The van der Waals surface area contributed by atoms with E-state index < -0.39 is 0 Å². The molecule has 7 heteroatoms. The maximum atomic E-state index is 13.0. The van der Waals surface area contributed by atoms with Gasteiger partial charge < -0.3 is 14.1 Å². The largest absolute Gasteiger partial charge is 0.467 e. The Balaban J connectivity index is 1.83. The molecule has 0 spiro atoms. The summed E-state index contributed by atoms with van der Waals surface area (Å²) in [5.41, 5.74) is 1.00. The molecule has 1 aliphatic heterocycles. The zero-order valence-electron chi connectivity index (χ0n) is 16.1. The van der Waals surface area contributed by atoms with Gasteiger partial charge in [-0.25, -0.2) is 0 Å². The minimum atomic E-state index is -0.336. The molecule has 3 amide bonds. The zero-order chi connectivity index (χ0) is 20.1. The molecular formula is C21H24N2O5. The number of furan rings is 1. The van der Waals surface area contributed by atoms with Crippen LogP contribution in [0.5, 0.6) is 0 Å². The molecule has 0 atom stereocenters. The standard InChI is InChI=1S/C21H24N2O5/c1-3-4-9-23-20(25)17-8-7-15(13-18(17)21(23)26)19(24)22(10-12-27-2)14-16-6-5-11-28-16/h5-8,11,13H,3-4,9-10,12,14H2,1-2H3. The third kappa shape index (κ3) is 3.99. The second-order valence-corrected chi connectivity index (χ2v) is 6.67. The van der Waals surface area contributed by atoms with E-state index in [-0.39, 0.29) is 23.3 Å². The number of unbranched alkanes of at least 4 members (excludes halogenated alkanes) is 1. The van der Waals surface area contributed by atoms with Gasteiger partial charge >= 0.3 is 0 Å². The quantitative estimate of drug-likeness (QED) is 0.621. The number of rotatable bonds is 9. The summed E-state index contributed by atoms with van der Waals surface area (Å²) in [6.07, 6.45) is 3.20. The van der Waals surface area contributed by atoms with E-state index in [1.165, 1.54) is 11.0 Å². The highest BCUT2D eigenvalue weighted by atomic mass is 16.5. The van der Waals surface area contributed by atoms with Gasteiger partial charge in [-0.1, -0.05) is 13.3 Å². The second kappa shape index (κ2) is 8.84. The Morgan fingerprint density at radius 1 is 1.18 bits per heavy atom. The molecule has 0 radical (unpaired) electrons. The van der Waals surface area contributed by atoms with Crippen LogP contribution in [-0.4, -0.2) is 54.3 Å². The molecule has 0 aliphatic carbocycles. The van der Waals surface area contributed by atoms with Crippen molar-refractivity contribution in [3.8, 4) is 0 Å². The van der Waals surface area contributed by atoms with Gasteiger partial charge in [-0.2, -0.15) is 0 Å². The highest BCUT2D eigenvalue weighted by molar-refractivity contribution is 6.22. The van der Waals surface area contributed by atoms with Crippen LogP contribution in [0, 0.1) is 0 Å². The Morgan fingerprint density at radius 3 is 2.64 bits per heavy atom. The molecule has 1 aromatic carbocycles. The van der Waals surface area contributed by atoms with Crippen molar-refractivity contribution in [3.63, 3.8) is 0 Å². The van der Waals surface area contributed by atoms with E-state index in [1.54, 1.807) is 42.5 Å². The SMILES string of the molecule is CCCCN1C(=O)c2ccc(C(=O)N(CCOC)Cc3ccco3)cc2C1=O. The second-order valence-electron chi connectivity index (χ2n) is 6.67. The third-order valence-corrected chi connectivity index (χ3v) is 4.73. The lowest BCUT2D eigenvalue weighted by atomic mass is 10.0. The Labute approximate surface area is 163 Å². The smallest absolute Gasteiger partial charge is 0.261 e. The van der Waals surface area contributed by atoms with Crippen molar-refractivity contribution in [1.29, 1.82) is 0 Å². The van der Waals surface area contributed by atoms with Crippen molar-refractivity contribution >= 4 is 17.7 Å². The van der Waals surface area contributed by atoms with Gasteiger partial charge in [-0.3, -0.25) is 19.3 Å². The van der Waals surface area contributed by atoms with E-state index in [0.29, 0.717) is 43.1 Å². The summed E-state index contributed by atoms with van der Waals surface area (Å²) in [7, 11) is 1.57. The molecule has 28 heavy (non-hydrogen) atoms. The number of nitrogens with zero attached hydrogens (tertiary/aromatic N) is 2. The van der Waals surface area contributed by atoms with E-state index >= 15 is 0 Å². The van der Waals surface area contributed by atoms with Gasteiger partial charge in [0.05, 0.1) is 30.5 Å². The number of hydrogen-bond acceptors (Lipinski definition) is 5. The Bertz CT molecular complexity index is 860. The number of imide groups is 1. The fourth-order valence-electron chi connectivity index (χ4n) is 3.17. The lowest BCUT2D eigenvalue weighted by Gasteiger charge is -2.21. The number of amides is 3. The molecule has 0 N–H and O–H groups in total. The van der Waals surface area contributed by atoms with Crippen molar-refractivity contribution in [2.45, 2.75) is 26.3 Å². The Hall–Kier alpha value is -2.93. The summed E-state index contributed by atoms with van der Waals surface area (Å²) in [6.45, 7) is 3.44. The molecular weight excluding hydrogens is 360 g/mol. The summed E-state index contributed by atoms with van der Waals surface area (Å²) in [4.78, 5) is 41.0. The normalized spacial score (nSPS) is 13.1. The number of ether oxygens (including phenoxy) is 1. The van der Waals surface area contributed by atoms with Crippen LogP contribution in [0.3, 0.4) is 0 Å². The van der Waals surface area contributed by atoms with Gasteiger partial charge in [0, 0.05) is 25.8 Å². The predicted octanol–water partition coefficient (Wildman–Crippen LogP) is 2.96. The summed E-state index contributed by atoms with van der Waals surface area (Å²) < 4.78 is 10.5. The molecule has 0 bridgehead atoms. The predicted molar refractivity (Wildman–Crippen MR) is 102 cm³/mol. The average molecular weight is 384 g/mol. The van der Waals surface area contributed by atoms with Crippen LogP contribution in [0.1, 0.15) is 56.6 Å². The maximum absolute atomic E-state index is 13.0. The van der Waals surface area contributed by atoms with Crippen LogP contribution < -0.4 is 0 Å². The Kier molecular flexibility index (Phi) is 6.26. The fraction of sp³-hybridized carbons (Fsp3) is 0.381. The maximum Gasteiger partial charge on any atom is 0.261 e. The first-order valence-corrected chi connectivity index (χ1v) is 9.37. The molecule has 0 saturated heterocycles. The third-order valence-electron chi connectivity index (χ3n) is 4.73. The van der Waals surface area contributed by atoms with Crippen molar-refractivity contribution in [3.05, 3.63) is 59.0 Å². The van der Waals surface area contributed by atoms with E-state index in [1.807, 2.05) is 6.92 Å². The highest BCUT2D eigenvalue weighted by Crippen LogP contribution is 2.25. The number of carbonyl (C=O) groups is 3. The molecule has 1 aromatic heterocycles. The number of carbonyl (C=O) groups excluding carboxylic acids is 3. The van der Waals surface area contributed by atoms with Gasteiger partial charge in [0.15, 0.2) is 0 Å². The monoisotopic (exact) mass is 384 g/mol. The number of fused-ring (bicyclic) bond motifs is 1. The molecule has 0 unspecified atom stereocenters. The van der Waals surface area contributed by atoms with E-state index in [9.17, 15) is 14.4 Å². The molecule has 0 fully saturated rings. The van der Waals surface area contributed by atoms with Gasteiger partial charge in [0.25, 0.3) is 17.7 Å². The van der Waals surface area contributed by atoms with Gasteiger partial charge in [0.1, 0.15) is 5.76 Å². The van der Waals surface area contributed by atoms with Crippen LogP contribution >= 0.6 is 0 Å². The van der Waals surface area contributed by atoms with Crippen LogP contribution in [0.4, 0.5) is 0 Å². The molecule has 0 saturated carbocycles. The highest BCUT2D eigenvalue weighted by Gasteiger charge is 2.35. The van der Waals surface area contributed by atoms with Crippen molar-refractivity contribution in [2.75, 3.05) is 26.8 Å². The zero-order valence-corrected chi connectivity index (χ0v) is 16.1. The van der Waals surface area contributed by atoms with Crippen molar-refractivity contribution in [1.82, 2.24) is 9.80 Å². The first-order chi connectivity index (χ1) is 13.6. The summed E-state index contributed by atoms with van der Waals surface area (Å²) >= 11 is 0. The first kappa shape index (κ1) is 19.8. The number of methoxy groups -OCH3 is 1. The van der Waals surface area contributed by atoms with Crippen molar-refractivity contribution < 1.29 is 23.5 Å². The molecule has 3 rings (SSSR count). The lowest BCUT2D eigenvalue weighted by molar-refractivity contribution is 0.0650. The average Bonchev–Trinajstić information content (AvgIpc) is 3.30. The minimum Gasteiger partial charge on any atom is -0.467 e. The molecule has 148 valence electrons. The summed E-state index contributed by atoms with van der Waals surface area (Å²) in [6, 6.07) is 8.24. The molecule has 2 heterocycles. The van der Waals surface area contributed by atoms with Gasteiger partial charge in [0.2, 0.25) is 0 Å². The van der Waals surface area contributed by atoms with Crippen molar-refractivity contribution in [2.24, 2.45) is 0 Å². The van der Waals surface area contributed by atoms with E-state index in [4.69, 9.17) is 9.15 Å². The van der Waals surface area contributed by atoms with E-state index in [0.717, 1.165) is 12.8 Å². The molecule has 2 aromatic rings. The molecule has 1 aliphatic rings. The lowest BCUT2D eigenvalue weighted by Crippen LogP contribution is -2.33. The van der Waals surface area contributed by atoms with E-state index in [2.05, 4.69) is 0 Å². The summed E-state index contributed by atoms with van der Waals surface area (Å²) in [5.74, 6) is -0.219. The van der Waals surface area contributed by atoms with Crippen LogP contribution in [0.15, 0.2) is 41.0 Å². The Morgan fingerprint density at radius 2 is 1.96 bits per heavy atom. The minimum absolute atomic E-state index is 0.247. The van der Waals surface area contributed by atoms with Crippen LogP contribution in [0.25, 0.3) is 0 Å². The molecule has 7 nitrogen and oxygen atoms in total. The van der Waals surface area contributed by atoms with Crippen LogP contribution in [0.2, 0.25) is 0 Å². The topological polar surface area (TPSA) is 80.1 Å².